The molecule has 3 aromatic rings. The number of sulfonamides is 1. The average Bonchev–Trinajstić information content (AvgIpc) is 3.13. The molecule has 0 spiro atoms. The maximum atomic E-state index is 13.5. The summed E-state index contributed by atoms with van der Waals surface area (Å²) < 4.78 is 68.1. The minimum absolute atomic E-state index is 0.0252. The lowest BCUT2D eigenvalue weighted by atomic mass is 10.3. The van der Waals surface area contributed by atoms with Gasteiger partial charge in [0.2, 0.25) is 21.8 Å². The molecule has 32 heavy (non-hydrogen) atoms. The third-order valence-electron chi connectivity index (χ3n) is 5.23. The Labute approximate surface area is 187 Å². The molecule has 4 rings (SSSR count). The van der Waals surface area contributed by atoms with Gasteiger partial charge in [0.25, 0.3) is 0 Å². The molecule has 1 aliphatic rings. The number of alkyl halides is 3. The molecule has 1 aliphatic heterocycles. The molecule has 0 saturated carbocycles. The second kappa shape index (κ2) is 8.38. The second-order valence-corrected chi connectivity index (χ2v) is 9.62. The van der Waals surface area contributed by atoms with Gasteiger partial charge in [0.15, 0.2) is 0 Å². The summed E-state index contributed by atoms with van der Waals surface area (Å²) in [7, 11) is -3.79. The molecule has 1 amide bonds. The number of halogens is 4. The lowest BCUT2D eigenvalue weighted by Gasteiger charge is -2.34. The van der Waals surface area contributed by atoms with Gasteiger partial charge in [0.1, 0.15) is 6.54 Å². The largest absolute Gasteiger partial charge is 0.449 e. The van der Waals surface area contributed by atoms with Gasteiger partial charge < -0.3 is 9.47 Å². The Morgan fingerprint density at radius 3 is 2.38 bits per heavy atom. The normalized spacial score (nSPS) is 15.9. The number of piperazine rings is 1. The van der Waals surface area contributed by atoms with Gasteiger partial charge in [-0.1, -0.05) is 29.8 Å². The molecule has 7 nitrogen and oxygen atoms in total. The van der Waals surface area contributed by atoms with Crippen LogP contribution in [0, 0.1) is 0 Å². The Bertz CT molecular complexity index is 1270. The quantitative estimate of drug-likeness (QED) is 0.567. The van der Waals surface area contributed by atoms with Gasteiger partial charge in [-0.2, -0.15) is 17.5 Å². The third-order valence-corrected chi connectivity index (χ3v) is 7.36. The van der Waals surface area contributed by atoms with Crippen LogP contribution < -0.4 is 0 Å². The fraction of sp³-hybridized carbons (Fsp3) is 0.300. The minimum atomic E-state index is -4.72. The van der Waals surface area contributed by atoms with Crippen molar-refractivity contribution < 1.29 is 26.4 Å². The number of fused-ring (bicyclic) bond motifs is 1. The van der Waals surface area contributed by atoms with Crippen molar-refractivity contribution in [1.82, 2.24) is 18.8 Å². The van der Waals surface area contributed by atoms with E-state index in [1.807, 2.05) is 0 Å². The number of nitrogens with zero attached hydrogens (tertiary/aromatic N) is 4. The van der Waals surface area contributed by atoms with E-state index in [9.17, 15) is 26.4 Å². The van der Waals surface area contributed by atoms with Crippen molar-refractivity contribution in [3.63, 3.8) is 0 Å². The van der Waals surface area contributed by atoms with Crippen LogP contribution in [0.3, 0.4) is 0 Å². The molecule has 1 aromatic heterocycles. The molecule has 0 aliphatic carbocycles. The zero-order chi connectivity index (χ0) is 23.1. The summed E-state index contributed by atoms with van der Waals surface area (Å²) in [5, 5.41) is 0.285. The lowest BCUT2D eigenvalue weighted by Crippen LogP contribution is -2.51. The fourth-order valence-electron chi connectivity index (χ4n) is 3.64. The van der Waals surface area contributed by atoms with E-state index in [1.165, 1.54) is 39.5 Å². The van der Waals surface area contributed by atoms with Crippen LogP contribution in [-0.2, 0) is 27.5 Å². The standard InChI is InChI=1S/C20H18ClF3N4O3S/c21-14-4-3-5-15(12-14)32(30,31)27-10-8-26(9-11-27)18(29)13-28-17-7-2-1-6-16(17)25-19(28)20(22,23)24/h1-7,12H,8-11,13H2. The van der Waals surface area contributed by atoms with Crippen LogP contribution in [0.5, 0.6) is 0 Å². The first-order valence-corrected chi connectivity index (χ1v) is 11.4. The first kappa shape index (κ1) is 22.6. The van der Waals surface area contributed by atoms with E-state index in [1.54, 1.807) is 18.2 Å². The molecule has 1 saturated heterocycles. The SMILES string of the molecule is O=C(Cn1c(C(F)(F)F)nc2ccccc21)N1CCN(S(=O)(=O)c2cccc(Cl)c2)CC1. The van der Waals surface area contributed by atoms with Crippen LogP contribution in [-0.4, -0.2) is 59.3 Å². The first-order valence-electron chi connectivity index (χ1n) is 9.63. The van der Waals surface area contributed by atoms with E-state index in [-0.39, 0.29) is 47.1 Å². The molecule has 0 unspecified atom stereocenters. The molecular weight excluding hydrogens is 469 g/mol. The molecule has 0 bridgehead atoms. The van der Waals surface area contributed by atoms with Crippen LogP contribution in [0.4, 0.5) is 13.2 Å². The van der Waals surface area contributed by atoms with Crippen molar-refractivity contribution in [2.75, 3.05) is 26.2 Å². The van der Waals surface area contributed by atoms with Crippen molar-refractivity contribution >= 4 is 38.6 Å². The predicted octanol–water partition coefficient (Wildman–Crippen LogP) is 3.24. The average molecular weight is 487 g/mol. The Balaban J connectivity index is 1.49. The van der Waals surface area contributed by atoms with Gasteiger partial charge in [-0.15, -0.1) is 0 Å². The highest BCUT2D eigenvalue weighted by atomic mass is 35.5. The van der Waals surface area contributed by atoms with Gasteiger partial charge in [-0.05, 0) is 30.3 Å². The molecule has 2 aromatic carbocycles. The predicted molar refractivity (Wildman–Crippen MR) is 112 cm³/mol. The number of aromatic nitrogens is 2. The molecule has 2 heterocycles. The summed E-state index contributed by atoms with van der Waals surface area (Å²) in [5.74, 6) is -1.69. The molecule has 12 heteroatoms. The van der Waals surface area contributed by atoms with Crippen molar-refractivity contribution in [2.45, 2.75) is 17.6 Å². The fourth-order valence-corrected chi connectivity index (χ4v) is 5.37. The van der Waals surface area contributed by atoms with Gasteiger partial charge in [-0.3, -0.25) is 4.79 Å². The lowest BCUT2D eigenvalue weighted by molar-refractivity contribution is -0.148. The topological polar surface area (TPSA) is 75.5 Å². The van der Waals surface area contributed by atoms with Gasteiger partial charge >= 0.3 is 6.18 Å². The summed E-state index contributed by atoms with van der Waals surface area (Å²) >= 11 is 5.89. The monoisotopic (exact) mass is 486 g/mol. The number of para-hydroxylation sites is 2. The number of hydrogen-bond acceptors (Lipinski definition) is 4. The molecular formula is C20H18ClF3N4O3S. The number of carbonyl (C=O) groups is 1. The van der Waals surface area contributed by atoms with Crippen molar-refractivity contribution in [1.29, 1.82) is 0 Å². The van der Waals surface area contributed by atoms with E-state index in [0.717, 1.165) is 4.57 Å². The Kier molecular flexibility index (Phi) is 5.91. The van der Waals surface area contributed by atoms with Gasteiger partial charge in [0.05, 0.1) is 15.9 Å². The highest BCUT2D eigenvalue weighted by Gasteiger charge is 2.38. The molecule has 0 atom stereocenters. The van der Waals surface area contributed by atoms with E-state index < -0.39 is 34.5 Å². The molecule has 1 fully saturated rings. The second-order valence-electron chi connectivity index (χ2n) is 7.25. The number of rotatable bonds is 4. The van der Waals surface area contributed by atoms with E-state index >= 15 is 0 Å². The van der Waals surface area contributed by atoms with Crippen molar-refractivity contribution in [2.24, 2.45) is 0 Å². The highest BCUT2D eigenvalue weighted by molar-refractivity contribution is 7.89. The minimum Gasteiger partial charge on any atom is -0.339 e. The Morgan fingerprint density at radius 1 is 1.03 bits per heavy atom. The van der Waals surface area contributed by atoms with E-state index in [2.05, 4.69) is 4.98 Å². The molecule has 170 valence electrons. The van der Waals surface area contributed by atoms with Crippen LogP contribution in [0.15, 0.2) is 53.4 Å². The zero-order valence-corrected chi connectivity index (χ0v) is 18.2. The number of hydrogen-bond donors (Lipinski definition) is 0. The molecule has 0 radical (unpaired) electrons. The summed E-state index contributed by atoms with van der Waals surface area (Å²) in [6, 6.07) is 11.9. The van der Waals surface area contributed by atoms with Crippen LogP contribution in [0.25, 0.3) is 11.0 Å². The Morgan fingerprint density at radius 2 is 1.72 bits per heavy atom. The first-order chi connectivity index (χ1) is 15.1. The summed E-state index contributed by atoms with van der Waals surface area (Å²) in [6.07, 6.45) is -4.72. The number of amides is 1. The third kappa shape index (κ3) is 4.32. The summed E-state index contributed by atoms with van der Waals surface area (Å²) in [6.45, 7) is -0.371. The maximum Gasteiger partial charge on any atom is 0.449 e. The van der Waals surface area contributed by atoms with Crippen LogP contribution in [0.1, 0.15) is 5.82 Å². The van der Waals surface area contributed by atoms with E-state index in [4.69, 9.17) is 11.6 Å². The van der Waals surface area contributed by atoms with Crippen LogP contribution in [0.2, 0.25) is 5.02 Å². The Hall–Kier alpha value is -2.63. The smallest absolute Gasteiger partial charge is 0.339 e. The number of imidazole rings is 1. The highest BCUT2D eigenvalue weighted by Crippen LogP contribution is 2.31. The van der Waals surface area contributed by atoms with Crippen LogP contribution >= 0.6 is 11.6 Å². The number of carbonyl (C=O) groups excluding carboxylic acids is 1. The van der Waals surface area contributed by atoms with Crippen molar-refractivity contribution in [3.8, 4) is 0 Å². The summed E-state index contributed by atoms with van der Waals surface area (Å²) in [5.41, 5.74) is 0.348. The van der Waals surface area contributed by atoms with Crippen molar-refractivity contribution in [3.05, 3.63) is 59.4 Å². The summed E-state index contributed by atoms with van der Waals surface area (Å²) in [4.78, 5) is 17.8. The van der Waals surface area contributed by atoms with Gasteiger partial charge in [0, 0.05) is 31.2 Å². The maximum absolute atomic E-state index is 13.5. The number of benzene rings is 2. The zero-order valence-electron chi connectivity index (χ0n) is 16.6. The van der Waals surface area contributed by atoms with Gasteiger partial charge in [-0.25, -0.2) is 13.4 Å². The molecule has 0 N–H and O–H groups in total. The van der Waals surface area contributed by atoms with E-state index in [0.29, 0.717) is 0 Å².